The zero-order valence-corrected chi connectivity index (χ0v) is 15.2. The predicted octanol–water partition coefficient (Wildman–Crippen LogP) is 5.85. The Morgan fingerprint density at radius 3 is 2.42 bits per heavy atom. The second-order valence-corrected chi connectivity index (χ2v) is 6.63. The van der Waals surface area contributed by atoms with E-state index in [1.165, 1.54) is 4.68 Å². The smallest absolute Gasteiger partial charge is 0.435 e. The normalized spacial score (nSPS) is 11.6. The summed E-state index contributed by atoms with van der Waals surface area (Å²) in [5.41, 5.74) is -0.380. The lowest BCUT2D eigenvalue weighted by Gasteiger charge is -2.10. The Labute approximate surface area is 157 Å². The van der Waals surface area contributed by atoms with E-state index in [0.29, 0.717) is 16.5 Å². The summed E-state index contributed by atoms with van der Waals surface area (Å²) in [7, 11) is 0. The first kappa shape index (κ1) is 18.7. The average molecular weight is 399 g/mol. The molecular formula is C18H14ClF3N2OS. The summed E-state index contributed by atoms with van der Waals surface area (Å²) in [6.07, 6.45) is -2.60. The highest BCUT2D eigenvalue weighted by molar-refractivity contribution is 7.98. The molecule has 0 saturated heterocycles. The minimum atomic E-state index is -4.55. The molecule has 8 heteroatoms. The van der Waals surface area contributed by atoms with Crippen LogP contribution in [0.2, 0.25) is 5.02 Å². The summed E-state index contributed by atoms with van der Waals surface area (Å²) in [5, 5.41) is 3.98. The minimum Gasteiger partial charge on any atom is -0.487 e. The van der Waals surface area contributed by atoms with Gasteiger partial charge < -0.3 is 4.74 Å². The van der Waals surface area contributed by atoms with Crippen LogP contribution in [-0.4, -0.2) is 16.0 Å². The molecule has 0 fully saturated rings. The fraction of sp³-hybridized carbons (Fsp3) is 0.167. The molecule has 0 bridgehead atoms. The molecule has 0 saturated carbocycles. The molecule has 1 heterocycles. The zero-order valence-electron chi connectivity index (χ0n) is 13.6. The van der Waals surface area contributed by atoms with Crippen LogP contribution in [0, 0.1) is 0 Å². The largest absolute Gasteiger partial charge is 0.487 e. The van der Waals surface area contributed by atoms with Gasteiger partial charge >= 0.3 is 6.18 Å². The minimum absolute atomic E-state index is 0.0765. The molecule has 0 aliphatic rings. The maximum absolute atomic E-state index is 13.1. The van der Waals surface area contributed by atoms with Crippen molar-refractivity contribution in [3.63, 3.8) is 0 Å². The van der Waals surface area contributed by atoms with Gasteiger partial charge in [-0.2, -0.15) is 18.3 Å². The van der Waals surface area contributed by atoms with E-state index in [0.717, 1.165) is 11.0 Å². The van der Waals surface area contributed by atoms with Gasteiger partial charge in [-0.1, -0.05) is 23.7 Å². The molecule has 2 aromatic carbocycles. The fourth-order valence-electron chi connectivity index (χ4n) is 2.32. The maximum atomic E-state index is 13.1. The molecule has 136 valence electrons. The van der Waals surface area contributed by atoms with E-state index in [2.05, 4.69) is 5.10 Å². The molecule has 3 aromatic rings. The molecule has 1 aromatic heterocycles. The Balaban J connectivity index is 1.91. The summed E-state index contributed by atoms with van der Waals surface area (Å²) in [6, 6.07) is 14.9. The molecule has 0 unspecified atom stereocenters. The van der Waals surface area contributed by atoms with E-state index in [4.69, 9.17) is 16.3 Å². The van der Waals surface area contributed by atoms with E-state index in [9.17, 15) is 13.2 Å². The molecular weight excluding hydrogens is 385 g/mol. The van der Waals surface area contributed by atoms with Crippen molar-refractivity contribution in [2.75, 3.05) is 6.26 Å². The van der Waals surface area contributed by atoms with Gasteiger partial charge in [0.15, 0.2) is 5.69 Å². The van der Waals surface area contributed by atoms with Crippen molar-refractivity contribution in [3.05, 3.63) is 71.0 Å². The van der Waals surface area contributed by atoms with Crippen molar-refractivity contribution in [1.29, 1.82) is 0 Å². The molecule has 0 amide bonds. The van der Waals surface area contributed by atoms with Crippen LogP contribution in [0.15, 0.2) is 59.5 Å². The van der Waals surface area contributed by atoms with Gasteiger partial charge in [-0.15, -0.1) is 11.8 Å². The fourth-order valence-corrected chi connectivity index (χ4v) is 2.95. The first-order valence-electron chi connectivity index (χ1n) is 7.56. The predicted molar refractivity (Wildman–Crippen MR) is 96.1 cm³/mol. The Morgan fingerprint density at radius 2 is 1.81 bits per heavy atom. The molecule has 0 aliphatic heterocycles. The van der Waals surface area contributed by atoms with Crippen molar-refractivity contribution in [1.82, 2.24) is 9.78 Å². The third-order valence-corrected chi connectivity index (χ3v) is 4.66. The summed E-state index contributed by atoms with van der Waals surface area (Å²) < 4.78 is 46.1. The molecule has 0 aliphatic carbocycles. The Bertz CT molecular complexity index is 894. The van der Waals surface area contributed by atoms with Gasteiger partial charge in [0, 0.05) is 4.90 Å². The number of rotatable bonds is 5. The highest BCUT2D eigenvalue weighted by atomic mass is 35.5. The number of thioether (sulfide) groups is 1. The van der Waals surface area contributed by atoms with E-state index < -0.39 is 11.9 Å². The second kappa shape index (κ2) is 7.63. The summed E-state index contributed by atoms with van der Waals surface area (Å²) in [6.45, 7) is -0.0765. The van der Waals surface area contributed by atoms with Crippen molar-refractivity contribution in [3.8, 4) is 11.4 Å². The maximum Gasteiger partial charge on any atom is 0.435 e. The molecule has 0 N–H and O–H groups in total. The number of benzene rings is 2. The number of ether oxygens (including phenoxy) is 1. The van der Waals surface area contributed by atoms with Gasteiger partial charge in [0.2, 0.25) is 0 Å². The van der Waals surface area contributed by atoms with Crippen molar-refractivity contribution in [2.24, 2.45) is 0 Å². The Hall–Kier alpha value is -2.12. The summed E-state index contributed by atoms with van der Waals surface area (Å²) in [4.78, 5) is 1.07. The van der Waals surface area contributed by atoms with E-state index >= 15 is 0 Å². The van der Waals surface area contributed by atoms with Gasteiger partial charge in [0.25, 0.3) is 0 Å². The lowest BCUT2D eigenvalue weighted by atomic mass is 10.3. The van der Waals surface area contributed by atoms with Crippen LogP contribution in [0.1, 0.15) is 11.4 Å². The highest BCUT2D eigenvalue weighted by Gasteiger charge is 2.35. The van der Waals surface area contributed by atoms with Gasteiger partial charge in [-0.25, -0.2) is 4.68 Å². The van der Waals surface area contributed by atoms with Gasteiger partial charge in [0.1, 0.15) is 12.4 Å². The number of alkyl halides is 3. The average Bonchev–Trinajstić information content (AvgIpc) is 3.05. The van der Waals surface area contributed by atoms with Crippen LogP contribution in [0.4, 0.5) is 13.2 Å². The van der Waals surface area contributed by atoms with Crippen molar-refractivity contribution >= 4 is 23.4 Å². The number of nitrogens with zero attached hydrogens (tertiary/aromatic N) is 2. The Kier molecular flexibility index (Phi) is 5.48. The number of hydrogen-bond acceptors (Lipinski definition) is 3. The number of para-hydroxylation sites is 1. The van der Waals surface area contributed by atoms with E-state index in [1.807, 2.05) is 18.4 Å². The van der Waals surface area contributed by atoms with Gasteiger partial charge in [-0.05, 0) is 48.7 Å². The van der Waals surface area contributed by atoms with Crippen LogP contribution >= 0.6 is 23.4 Å². The molecule has 3 nitrogen and oxygen atoms in total. The number of halogens is 4. The van der Waals surface area contributed by atoms with Crippen LogP contribution in [-0.2, 0) is 12.8 Å². The lowest BCUT2D eigenvalue weighted by molar-refractivity contribution is -0.141. The van der Waals surface area contributed by atoms with E-state index in [1.54, 1.807) is 48.2 Å². The molecule has 3 rings (SSSR count). The van der Waals surface area contributed by atoms with Crippen LogP contribution in [0.3, 0.4) is 0 Å². The topological polar surface area (TPSA) is 27.1 Å². The SMILES string of the molecule is CSc1ccc(OCc2cc(C(F)(F)F)nn2-c2ccccc2Cl)cc1. The first-order chi connectivity index (χ1) is 12.4. The molecule has 0 spiro atoms. The van der Waals surface area contributed by atoms with E-state index in [-0.39, 0.29) is 12.3 Å². The Morgan fingerprint density at radius 1 is 1.12 bits per heavy atom. The standard InChI is InChI=1S/C18H14ClF3N2OS/c1-26-14-8-6-13(7-9-14)25-11-12-10-17(18(20,21)22)23-24(12)16-5-3-2-4-15(16)19/h2-10H,11H2,1H3. The van der Waals surface area contributed by atoms with Crippen LogP contribution in [0.25, 0.3) is 5.69 Å². The molecule has 0 atom stereocenters. The number of aromatic nitrogens is 2. The van der Waals surface area contributed by atoms with Crippen LogP contribution < -0.4 is 4.74 Å². The molecule has 26 heavy (non-hydrogen) atoms. The summed E-state index contributed by atoms with van der Waals surface area (Å²) in [5.74, 6) is 0.559. The number of hydrogen-bond donors (Lipinski definition) is 0. The first-order valence-corrected chi connectivity index (χ1v) is 9.16. The second-order valence-electron chi connectivity index (χ2n) is 5.35. The third kappa shape index (κ3) is 4.16. The highest BCUT2D eigenvalue weighted by Crippen LogP contribution is 2.31. The van der Waals surface area contributed by atoms with Gasteiger partial charge in [-0.3, -0.25) is 0 Å². The molecule has 0 radical (unpaired) electrons. The van der Waals surface area contributed by atoms with Gasteiger partial charge in [0.05, 0.1) is 16.4 Å². The van der Waals surface area contributed by atoms with Crippen molar-refractivity contribution in [2.45, 2.75) is 17.7 Å². The lowest BCUT2D eigenvalue weighted by Crippen LogP contribution is -2.08. The summed E-state index contributed by atoms with van der Waals surface area (Å²) >= 11 is 7.71. The van der Waals surface area contributed by atoms with Crippen molar-refractivity contribution < 1.29 is 17.9 Å². The quantitative estimate of drug-likeness (QED) is 0.505. The zero-order chi connectivity index (χ0) is 18.7. The van der Waals surface area contributed by atoms with Crippen LogP contribution in [0.5, 0.6) is 5.75 Å². The monoisotopic (exact) mass is 398 g/mol. The third-order valence-electron chi connectivity index (χ3n) is 3.60.